The highest BCUT2D eigenvalue weighted by molar-refractivity contribution is 7.75. The Labute approximate surface area is 102 Å². The Morgan fingerprint density at radius 2 is 1.88 bits per heavy atom. The summed E-state index contributed by atoms with van der Waals surface area (Å²) in [7, 11) is 1.75. The van der Waals surface area contributed by atoms with Crippen LogP contribution in [-0.2, 0) is 0 Å². The number of hydrogen-bond donors (Lipinski definition) is 0. The fourth-order valence-electron chi connectivity index (χ4n) is 4.08. The summed E-state index contributed by atoms with van der Waals surface area (Å²) >= 11 is 0. The van der Waals surface area contributed by atoms with Crippen molar-refractivity contribution in [3.05, 3.63) is 0 Å². The smallest absolute Gasteiger partial charge is 0.0638 e. The van der Waals surface area contributed by atoms with Crippen LogP contribution in [-0.4, -0.2) is 49.7 Å². The van der Waals surface area contributed by atoms with Gasteiger partial charge in [0.25, 0.3) is 0 Å². The van der Waals surface area contributed by atoms with Crippen molar-refractivity contribution in [1.82, 2.24) is 4.90 Å². The zero-order valence-corrected chi connectivity index (χ0v) is 12.6. The third-order valence-electron chi connectivity index (χ3n) is 5.58. The van der Waals surface area contributed by atoms with Gasteiger partial charge >= 0.3 is 0 Å². The molecule has 94 valence electrons. The van der Waals surface area contributed by atoms with Crippen LogP contribution < -0.4 is 0 Å². The molecule has 2 fully saturated rings. The van der Waals surface area contributed by atoms with Crippen LogP contribution in [0, 0.1) is 17.8 Å². The lowest BCUT2D eigenvalue weighted by atomic mass is 9.81. The van der Waals surface area contributed by atoms with Crippen LogP contribution in [0.25, 0.3) is 0 Å². The summed E-state index contributed by atoms with van der Waals surface area (Å²) in [6, 6.07) is 0.838. The minimum Gasteiger partial charge on any atom is -0.303 e. The number of hydrogen-bond acceptors (Lipinski definition) is 1. The molecule has 2 rings (SSSR count). The van der Waals surface area contributed by atoms with Crippen LogP contribution in [0.2, 0.25) is 0 Å². The first-order valence-corrected chi connectivity index (χ1v) is 9.83. The van der Waals surface area contributed by atoms with E-state index >= 15 is 0 Å². The predicted molar refractivity (Wildman–Crippen MR) is 76.0 cm³/mol. The van der Waals surface area contributed by atoms with Crippen LogP contribution >= 0.6 is 7.26 Å². The molecular formula is C14H29NP+. The maximum atomic E-state index is 2.64. The highest BCUT2D eigenvalue weighted by atomic mass is 31.2. The third kappa shape index (κ3) is 2.06. The SMILES string of the molecule is CCC1C[P+](C)(CC)CC2C1CN(C)C2C. The molecule has 0 amide bonds. The molecule has 2 saturated heterocycles. The predicted octanol–water partition coefficient (Wildman–Crippen LogP) is 3.26. The van der Waals surface area contributed by atoms with Crippen molar-refractivity contribution in [1.29, 1.82) is 0 Å². The molecule has 0 saturated carbocycles. The molecule has 5 atom stereocenters. The van der Waals surface area contributed by atoms with Gasteiger partial charge in [0.1, 0.15) is 0 Å². The van der Waals surface area contributed by atoms with Gasteiger partial charge in [0.2, 0.25) is 0 Å². The molecule has 0 aromatic carbocycles. The largest absolute Gasteiger partial charge is 0.303 e. The highest BCUT2D eigenvalue weighted by Crippen LogP contribution is 2.64. The second-order valence-corrected chi connectivity index (χ2v) is 11.1. The standard InChI is InChI=1S/C14H29NP/c1-6-12-9-16(5,7-2)10-14-11(3)15(4)8-13(12)14/h11-14H,6-10H2,1-5H3/q+1. The average Bonchev–Trinajstić information content (AvgIpc) is 2.55. The summed E-state index contributed by atoms with van der Waals surface area (Å²) < 4.78 is 0. The summed E-state index contributed by atoms with van der Waals surface area (Å²) in [6.07, 6.45) is 6.05. The Kier molecular flexibility index (Phi) is 3.67. The summed E-state index contributed by atoms with van der Waals surface area (Å²) in [5, 5.41) is 0. The molecule has 2 aliphatic heterocycles. The van der Waals surface area contributed by atoms with Crippen molar-refractivity contribution in [2.45, 2.75) is 33.2 Å². The molecule has 0 aliphatic carbocycles. The lowest BCUT2D eigenvalue weighted by Gasteiger charge is -2.40. The third-order valence-corrected chi connectivity index (χ3v) is 9.76. The molecule has 16 heavy (non-hydrogen) atoms. The highest BCUT2D eigenvalue weighted by Gasteiger charge is 2.52. The van der Waals surface area contributed by atoms with Gasteiger partial charge in [-0.25, -0.2) is 0 Å². The van der Waals surface area contributed by atoms with E-state index < -0.39 is 7.26 Å². The quantitative estimate of drug-likeness (QED) is 0.672. The van der Waals surface area contributed by atoms with Crippen LogP contribution in [0.15, 0.2) is 0 Å². The fourth-order valence-corrected chi connectivity index (χ4v) is 8.00. The first-order chi connectivity index (χ1) is 7.50. The average molecular weight is 242 g/mol. The molecule has 5 unspecified atom stereocenters. The number of likely N-dealkylation sites (tertiary alicyclic amines) is 1. The Morgan fingerprint density at radius 1 is 1.19 bits per heavy atom. The van der Waals surface area contributed by atoms with Gasteiger partial charge in [-0.05, 0) is 39.2 Å². The number of rotatable bonds is 2. The van der Waals surface area contributed by atoms with Crippen molar-refractivity contribution in [3.63, 3.8) is 0 Å². The normalized spacial score (nSPS) is 49.3. The molecule has 0 N–H and O–H groups in total. The van der Waals surface area contributed by atoms with E-state index in [-0.39, 0.29) is 0 Å². The minimum atomic E-state index is -0.578. The van der Waals surface area contributed by atoms with Crippen molar-refractivity contribution >= 4 is 7.26 Å². The lowest BCUT2D eigenvalue weighted by Crippen LogP contribution is -2.37. The van der Waals surface area contributed by atoms with Crippen LogP contribution in [0.5, 0.6) is 0 Å². The topological polar surface area (TPSA) is 3.24 Å². The van der Waals surface area contributed by atoms with Gasteiger partial charge in [-0.1, -0.05) is 6.92 Å². The lowest BCUT2D eigenvalue weighted by molar-refractivity contribution is 0.281. The molecule has 0 aromatic rings. The Bertz CT molecular complexity index is 255. The molecule has 0 aromatic heterocycles. The maximum absolute atomic E-state index is 2.64. The zero-order valence-electron chi connectivity index (χ0n) is 11.7. The molecule has 0 radical (unpaired) electrons. The second-order valence-electron chi connectivity index (χ2n) is 6.48. The fraction of sp³-hybridized carbons (Fsp3) is 1.00. The van der Waals surface area contributed by atoms with Crippen molar-refractivity contribution < 1.29 is 0 Å². The Hall–Kier alpha value is 0.390. The monoisotopic (exact) mass is 242 g/mol. The summed E-state index contributed by atoms with van der Waals surface area (Å²) in [5.74, 6) is 3.07. The molecule has 0 spiro atoms. The van der Waals surface area contributed by atoms with Crippen LogP contribution in [0.4, 0.5) is 0 Å². The summed E-state index contributed by atoms with van der Waals surface area (Å²) in [5.41, 5.74) is 0. The maximum Gasteiger partial charge on any atom is 0.0638 e. The van der Waals surface area contributed by atoms with E-state index in [0.29, 0.717) is 0 Å². The van der Waals surface area contributed by atoms with Gasteiger partial charge in [0.15, 0.2) is 0 Å². The van der Waals surface area contributed by atoms with Gasteiger partial charge in [-0.2, -0.15) is 0 Å². The summed E-state index contributed by atoms with van der Waals surface area (Å²) in [4.78, 5) is 2.61. The first kappa shape index (κ1) is 12.8. The second kappa shape index (κ2) is 4.58. The van der Waals surface area contributed by atoms with Crippen LogP contribution in [0.3, 0.4) is 0 Å². The minimum absolute atomic E-state index is 0.578. The molecule has 1 nitrogen and oxygen atoms in total. The van der Waals surface area contributed by atoms with E-state index in [1.165, 1.54) is 19.1 Å². The van der Waals surface area contributed by atoms with E-state index in [4.69, 9.17) is 0 Å². The van der Waals surface area contributed by atoms with Crippen molar-refractivity contribution in [3.8, 4) is 0 Å². The van der Waals surface area contributed by atoms with Gasteiger partial charge in [0.05, 0.1) is 18.5 Å². The Balaban J connectivity index is 2.19. The van der Waals surface area contributed by atoms with E-state index in [1.54, 1.807) is 12.3 Å². The van der Waals surface area contributed by atoms with Crippen molar-refractivity contribution in [2.75, 3.05) is 38.7 Å². The van der Waals surface area contributed by atoms with E-state index in [9.17, 15) is 0 Å². The van der Waals surface area contributed by atoms with Gasteiger partial charge in [0, 0.05) is 32.4 Å². The van der Waals surface area contributed by atoms with Gasteiger partial charge in [-0.15, -0.1) is 0 Å². The van der Waals surface area contributed by atoms with Gasteiger partial charge < -0.3 is 4.90 Å². The van der Waals surface area contributed by atoms with E-state index in [2.05, 4.69) is 39.4 Å². The molecule has 2 aliphatic rings. The number of fused-ring (bicyclic) bond motifs is 1. The van der Waals surface area contributed by atoms with E-state index in [0.717, 1.165) is 23.8 Å². The van der Waals surface area contributed by atoms with Crippen molar-refractivity contribution in [2.24, 2.45) is 17.8 Å². The first-order valence-electron chi connectivity index (χ1n) is 7.04. The van der Waals surface area contributed by atoms with Gasteiger partial charge in [-0.3, -0.25) is 0 Å². The molecular weight excluding hydrogens is 213 g/mol. The summed E-state index contributed by atoms with van der Waals surface area (Å²) in [6.45, 7) is 11.3. The zero-order chi connectivity index (χ0) is 11.9. The molecule has 2 heteroatoms. The molecule has 2 heterocycles. The molecule has 0 bridgehead atoms. The van der Waals surface area contributed by atoms with E-state index in [1.807, 2.05) is 0 Å². The van der Waals surface area contributed by atoms with Crippen LogP contribution in [0.1, 0.15) is 27.2 Å². The Morgan fingerprint density at radius 3 is 2.44 bits per heavy atom. The number of nitrogens with zero attached hydrogens (tertiary/aromatic N) is 1.